The van der Waals surface area contributed by atoms with E-state index in [0.717, 1.165) is 0 Å². The molecular formula is C12H19N3O5. The van der Waals surface area contributed by atoms with Gasteiger partial charge in [0.25, 0.3) is 0 Å². The Kier molecular flexibility index (Phi) is 4.31. The van der Waals surface area contributed by atoms with Gasteiger partial charge in [0.15, 0.2) is 0 Å². The first kappa shape index (κ1) is 14.4. The normalized spacial score (nSPS) is 25.6. The largest absolute Gasteiger partial charge is 0.480 e. The summed E-state index contributed by atoms with van der Waals surface area (Å²) in [5.41, 5.74) is 0. The molecule has 0 aromatic heterocycles. The van der Waals surface area contributed by atoms with E-state index in [0.29, 0.717) is 38.9 Å². The van der Waals surface area contributed by atoms with E-state index >= 15 is 0 Å². The van der Waals surface area contributed by atoms with Crippen molar-refractivity contribution in [1.29, 1.82) is 0 Å². The highest BCUT2D eigenvalue weighted by atomic mass is 16.5. The summed E-state index contributed by atoms with van der Waals surface area (Å²) in [6.45, 7) is 1.37. The first-order chi connectivity index (χ1) is 9.52. The molecule has 2 saturated heterocycles. The summed E-state index contributed by atoms with van der Waals surface area (Å²) < 4.78 is 4.51. The number of nitrogens with one attached hydrogen (secondary N) is 1. The number of carboxylic acid groups (broad SMARTS) is 1. The molecule has 0 aliphatic carbocycles. The number of likely N-dealkylation sites (tertiary alicyclic amines) is 2. The highest BCUT2D eigenvalue weighted by Crippen LogP contribution is 2.21. The minimum absolute atomic E-state index is 0.141. The molecule has 0 spiro atoms. The van der Waals surface area contributed by atoms with Crippen LogP contribution in [0, 0.1) is 0 Å². The molecule has 2 atom stereocenters. The van der Waals surface area contributed by atoms with Gasteiger partial charge >= 0.3 is 18.1 Å². The maximum absolute atomic E-state index is 12.3. The first-order valence-corrected chi connectivity index (χ1v) is 6.65. The lowest BCUT2D eigenvalue weighted by atomic mass is 10.2. The molecule has 2 N–H and O–H groups in total. The van der Waals surface area contributed by atoms with Crippen molar-refractivity contribution >= 4 is 18.1 Å². The van der Waals surface area contributed by atoms with Gasteiger partial charge in [-0.1, -0.05) is 0 Å². The number of amides is 3. The number of rotatable bonds is 2. The molecule has 2 heterocycles. The lowest BCUT2D eigenvalue weighted by Crippen LogP contribution is -2.48. The minimum atomic E-state index is -0.959. The van der Waals surface area contributed by atoms with E-state index in [1.54, 1.807) is 4.90 Å². The number of ether oxygens (including phenoxy) is 1. The zero-order valence-electron chi connectivity index (χ0n) is 11.4. The van der Waals surface area contributed by atoms with Gasteiger partial charge in [0.05, 0.1) is 13.2 Å². The fraction of sp³-hybridized carbons (Fsp3) is 0.750. The molecule has 0 radical (unpaired) electrons. The van der Waals surface area contributed by atoms with Crippen molar-refractivity contribution in [3.8, 4) is 0 Å². The van der Waals surface area contributed by atoms with Crippen LogP contribution in [-0.2, 0) is 9.53 Å². The summed E-state index contributed by atoms with van der Waals surface area (Å²) in [6, 6.07) is -1.13. The summed E-state index contributed by atoms with van der Waals surface area (Å²) >= 11 is 0. The number of hydrogen-bond donors (Lipinski definition) is 2. The average molecular weight is 285 g/mol. The molecule has 2 fully saturated rings. The van der Waals surface area contributed by atoms with Gasteiger partial charge in [-0.15, -0.1) is 0 Å². The number of nitrogens with zero attached hydrogens (tertiary/aromatic N) is 2. The second-order valence-electron chi connectivity index (χ2n) is 5.04. The predicted molar refractivity (Wildman–Crippen MR) is 68.3 cm³/mol. The molecule has 20 heavy (non-hydrogen) atoms. The number of carbonyl (C=O) groups excluding carboxylic acids is 2. The molecule has 0 aromatic carbocycles. The Bertz CT molecular complexity index is 414. The third-order valence-corrected chi connectivity index (χ3v) is 3.75. The summed E-state index contributed by atoms with van der Waals surface area (Å²) in [6.07, 6.45) is 1.33. The third kappa shape index (κ3) is 2.94. The van der Waals surface area contributed by atoms with Crippen LogP contribution in [0.5, 0.6) is 0 Å². The molecule has 0 saturated carbocycles. The third-order valence-electron chi connectivity index (χ3n) is 3.75. The maximum Gasteiger partial charge on any atom is 0.407 e. The summed E-state index contributed by atoms with van der Waals surface area (Å²) in [7, 11) is 1.29. The van der Waals surface area contributed by atoms with Crippen LogP contribution < -0.4 is 5.32 Å². The molecule has 0 bridgehead atoms. The summed E-state index contributed by atoms with van der Waals surface area (Å²) in [5.74, 6) is -0.959. The van der Waals surface area contributed by atoms with Gasteiger partial charge in [-0.25, -0.2) is 14.4 Å². The molecule has 8 heteroatoms. The zero-order valence-corrected chi connectivity index (χ0v) is 11.4. The van der Waals surface area contributed by atoms with Crippen LogP contribution >= 0.6 is 0 Å². The van der Waals surface area contributed by atoms with Gasteiger partial charge < -0.3 is 25.0 Å². The van der Waals surface area contributed by atoms with E-state index in [2.05, 4.69) is 10.1 Å². The van der Waals surface area contributed by atoms with Crippen molar-refractivity contribution in [1.82, 2.24) is 15.1 Å². The van der Waals surface area contributed by atoms with Crippen LogP contribution in [0.2, 0.25) is 0 Å². The molecular weight excluding hydrogens is 266 g/mol. The molecule has 2 rings (SSSR count). The number of aliphatic carboxylic acids is 1. The Balaban J connectivity index is 1.91. The highest BCUT2D eigenvalue weighted by Gasteiger charge is 2.38. The van der Waals surface area contributed by atoms with Crippen molar-refractivity contribution in [3.05, 3.63) is 0 Å². The van der Waals surface area contributed by atoms with E-state index in [9.17, 15) is 14.4 Å². The maximum atomic E-state index is 12.3. The first-order valence-electron chi connectivity index (χ1n) is 6.65. The molecule has 0 aromatic rings. The van der Waals surface area contributed by atoms with Crippen molar-refractivity contribution in [2.24, 2.45) is 0 Å². The van der Waals surface area contributed by atoms with Gasteiger partial charge in [0.1, 0.15) is 6.04 Å². The van der Waals surface area contributed by atoms with Gasteiger partial charge in [0, 0.05) is 19.6 Å². The number of methoxy groups -OCH3 is 1. The summed E-state index contributed by atoms with van der Waals surface area (Å²) in [4.78, 5) is 37.5. The van der Waals surface area contributed by atoms with Crippen LogP contribution in [0.25, 0.3) is 0 Å². The molecule has 8 nitrogen and oxygen atoms in total. The van der Waals surface area contributed by atoms with Crippen molar-refractivity contribution in [2.45, 2.75) is 31.3 Å². The van der Waals surface area contributed by atoms with Crippen LogP contribution in [0.1, 0.15) is 19.3 Å². The number of carboxylic acids is 1. The molecule has 2 unspecified atom stereocenters. The Morgan fingerprint density at radius 2 is 2.00 bits per heavy atom. The monoisotopic (exact) mass is 285 g/mol. The Labute approximate surface area is 116 Å². The average Bonchev–Trinajstić information content (AvgIpc) is 3.06. The van der Waals surface area contributed by atoms with Crippen LogP contribution in [-0.4, -0.2) is 71.8 Å². The molecule has 112 valence electrons. The standard InChI is InChI=1S/C12H19N3O5/c1-20-11(18)13-8-4-6-14(7-8)12(19)15-5-2-3-9(15)10(16)17/h8-9H,2-7H2,1H3,(H,13,18)(H,16,17). The fourth-order valence-electron chi connectivity index (χ4n) is 2.71. The van der Waals surface area contributed by atoms with Crippen LogP contribution in [0.15, 0.2) is 0 Å². The van der Waals surface area contributed by atoms with E-state index in [4.69, 9.17) is 5.11 Å². The number of carbonyl (C=O) groups is 3. The smallest absolute Gasteiger partial charge is 0.407 e. The SMILES string of the molecule is COC(=O)NC1CCN(C(=O)N2CCCC2C(=O)O)C1. The van der Waals surface area contributed by atoms with Gasteiger partial charge in [-0.3, -0.25) is 0 Å². The van der Waals surface area contributed by atoms with E-state index in [1.165, 1.54) is 12.0 Å². The van der Waals surface area contributed by atoms with E-state index in [1.807, 2.05) is 0 Å². The minimum Gasteiger partial charge on any atom is -0.480 e. The quantitative estimate of drug-likeness (QED) is 0.749. The Hall–Kier alpha value is -1.99. The van der Waals surface area contributed by atoms with Crippen LogP contribution in [0.4, 0.5) is 9.59 Å². The second kappa shape index (κ2) is 5.98. The van der Waals surface area contributed by atoms with E-state index in [-0.39, 0.29) is 12.1 Å². The molecule has 2 aliphatic rings. The zero-order chi connectivity index (χ0) is 14.7. The lowest BCUT2D eigenvalue weighted by molar-refractivity contribution is -0.141. The van der Waals surface area contributed by atoms with Crippen molar-refractivity contribution in [3.63, 3.8) is 0 Å². The fourth-order valence-corrected chi connectivity index (χ4v) is 2.71. The predicted octanol–water partition coefficient (Wildman–Crippen LogP) is 0.0857. The summed E-state index contributed by atoms with van der Waals surface area (Å²) in [5, 5.41) is 11.7. The Morgan fingerprint density at radius 1 is 1.25 bits per heavy atom. The number of hydrogen-bond acceptors (Lipinski definition) is 4. The number of alkyl carbamates (subject to hydrolysis) is 1. The van der Waals surface area contributed by atoms with Gasteiger partial charge in [-0.05, 0) is 19.3 Å². The van der Waals surface area contributed by atoms with Crippen molar-refractivity contribution in [2.75, 3.05) is 26.7 Å². The highest BCUT2D eigenvalue weighted by molar-refractivity contribution is 5.83. The lowest BCUT2D eigenvalue weighted by Gasteiger charge is -2.27. The molecule has 2 aliphatic heterocycles. The van der Waals surface area contributed by atoms with E-state index < -0.39 is 18.1 Å². The number of urea groups is 1. The van der Waals surface area contributed by atoms with Gasteiger partial charge in [0.2, 0.25) is 0 Å². The molecule has 3 amide bonds. The second-order valence-corrected chi connectivity index (χ2v) is 5.04. The van der Waals surface area contributed by atoms with Crippen LogP contribution in [0.3, 0.4) is 0 Å². The van der Waals surface area contributed by atoms with Gasteiger partial charge in [-0.2, -0.15) is 0 Å². The topological polar surface area (TPSA) is 99.2 Å². The van der Waals surface area contributed by atoms with Crippen molar-refractivity contribution < 1.29 is 24.2 Å². The Morgan fingerprint density at radius 3 is 2.65 bits per heavy atom.